The van der Waals surface area contributed by atoms with E-state index < -0.39 is 0 Å². The third-order valence-corrected chi connectivity index (χ3v) is 3.50. The van der Waals surface area contributed by atoms with Crippen molar-refractivity contribution in [1.82, 2.24) is 10.6 Å². The minimum Gasteiger partial charge on any atom is -0.492 e. The minimum atomic E-state index is 0. The summed E-state index contributed by atoms with van der Waals surface area (Å²) in [5.41, 5.74) is 2.33. The standard InChI is InChI=1S/C20H27N3O2.HI/c1-3-21-20(22-13-14-25-19-7-5-4-6-8-19)23-15-17-9-11-18(12-10-17)16-24-2;/h4-12H,3,13-16H2,1-2H3,(H2,21,22,23);1H. The van der Waals surface area contributed by atoms with Crippen LogP contribution in [-0.4, -0.2) is 32.8 Å². The highest BCUT2D eigenvalue weighted by atomic mass is 127. The Hall–Kier alpha value is -1.80. The van der Waals surface area contributed by atoms with Gasteiger partial charge >= 0.3 is 0 Å². The molecule has 0 aliphatic rings. The largest absolute Gasteiger partial charge is 0.492 e. The Morgan fingerprint density at radius 1 is 0.962 bits per heavy atom. The lowest BCUT2D eigenvalue weighted by Crippen LogP contribution is -2.39. The second kappa shape index (κ2) is 13.4. The van der Waals surface area contributed by atoms with E-state index in [4.69, 9.17) is 9.47 Å². The molecule has 0 saturated carbocycles. The smallest absolute Gasteiger partial charge is 0.191 e. The van der Waals surface area contributed by atoms with E-state index in [0.29, 0.717) is 26.3 Å². The van der Waals surface area contributed by atoms with Crippen LogP contribution in [0, 0.1) is 0 Å². The van der Waals surface area contributed by atoms with Gasteiger partial charge in [-0.25, -0.2) is 4.99 Å². The van der Waals surface area contributed by atoms with Gasteiger partial charge in [-0.15, -0.1) is 24.0 Å². The third-order valence-electron chi connectivity index (χ3n) is 3.50. The number of para-hydroxylation sites is 1. The first kappa shape index (κ1) is 22.2. The maximum atomic E-state index is 5.68. The number of rotatable bonds is 9. The van der Waals surface area contributed by atoms with Crippen molar-refractivity contribution in [1.29, 1.82) is 0 Å². The van der Waals surface area contributed by atoms with E-state index in [9.17, 15) is 0 Å². The number of benzene rings is 2. The number of hydrogen-bond donors (Lipinski definition) is 2. The van der Waals surface area contributed by atoms with E-state index in [2.05, 4.69) is 46.8 Å². The molecule has 0 aromatic heterocycles. The molecule has 0 aliphatic heterocycles. The Bertz CT molecular complexity index is 633. The maximum Gasteiger partial charge on any atom is 0.191 e. The fourth-order valence-corrected chi connectivity index (χ4v) is 2.27. The van der Waals surface area contributed by atoms with Crippen LogP contribution in [0.4, 0.5) is 0 Å². The number of halogens is 1. The zero-order chi connectivity index (χ0) is 17.7. The molecule has 26 heavy (non-hydrogen) atoms. The highest BCUT2D eigenvalue weighted by molar-refractivity contribution is 14.0. The first-order valence-corrected chi connectivity index (χ1v) is 8.58. The molecule has 0 aliphatic carbocycles. The highest BCUT2D eigenvalue weighted by Crippen LogP contribution is 2.08. The summed E-state index contributed by atoms with van der Waals surface area (Å²) in [5, 5.41) is 6.53. The SMILES string of the molecule is CCNC(=NCc1ccc(COC)cc1)NCCOc1ccccc1.I. The Balaban J connectivity index is 0.00000338. The van der Waals surface area contributed by atoms with Crippen LogP contribution in [-0.2, 0) is 17.9 Å². The normalized spacial score (nSPS) is 10.8. The molecule has 6 heteroatoms. The first-order chi connectivity index (χ1) is 12.3. The quantitative estimate of drug-likeness (QED) is 0.255. The van der Waals surface area contributed by atoms with Gasteiger partial charge in [-0.1, -0.05) is 42.5 Å². The van der Waals surface area contributed by atoms with E-state index in [1.807, 2.05) is 30.3 Å². The monoisotopic (exact) mass is 469 g/mol. The Morgan fingerprint density at radius 2 is 1.65 bits per heavy atom. The van der Waals surface area contributed by atoms with Crippen LogP contribution in [0.15, 0.2) is 59.6 Å². The average molecular weight is 469 g/mol. The maximum absolute atomic E-state index is 5.68. The Morgan fingerprint density at radius 3 is 2.31 bits per heavy atom. The van der Waals surface area contributed by atoms with Crippen LogP contribution in [0.25, 0.3) is 0 Å². The van der Waals surface area contributed by atoms with Crippen molar-refractivity contribution < 1.29 is 9.47 Å². The van der Waals surface area contributed by atoms with Gasteiger partial charge in [0.1, 0.15) is 12.4 Å². The molecular formula is C20H28IN3O2. The number of hydrogen-bond acceptors (Lipinski definition) is 3. The van der Waals surface area contributed by atoms with Gasteiger partial charge in [-0.2, -0.15) is 0 Å². The highest BCUT2D eigenvalue weighted by Gasteiger charge is 1.99. The van der Waals surface area contributed by atoms with Gasteiger partial charge in [0.05, 0.1) is 19.7 Å². The molecule has 0 bridgehead atoms. The van der Waals surface area contributed by atoms with Crippen LogP contribution in [0.2, 0.25) is 0 Å². The number of aliphatic imine (C=N–C) groups is 1. The van der Waals surface area contributed by atoms with Crippen LogP contribution >= 0.6 is 24.0 Å². The fraction of sp³-hybridized carbons (Fsp3) is 0.350. The van der Waals surface area contributed by atoms with Gasteiger partial charge in [0.25, 0.3) is 0 Å². The lowest BCUT2D eigenvalue weighted by molar-refractivity contribution is 0.185. The Labute approximate surface area is 173 Å². The third kappa shape index (κ3) is 8.53. The van der Waals surface area contributed by atoms with E-state index in [1.165, 1.54) is 5.56 Å². The van der Waals surface area contributed by atoms with E-state index in [-0.39, 0.29) is 24.0 Å². The summed E-state index contributed by atoms with van der Waals surface area (Å²) in [6, 6.07) is 18.1. The summed E-state index contributed by atoms with van der Waals surface area (Å²) in [6.07, 6.45) is 0. The zero-order valence-corrected chi connectivity index (χ0v) is 17.7. The zero-order valence-electron chi connectivity index (χ0n) is 15.4. The molecule has 0 heterocycles. The van der Waals surface area contributed by atoms with E-state index >= 15 is 0 Å². The molecule has 2 aromatic carbocycles. The summed E-state index contributed by atoms with van der Waals surface area (Å²) in [4.78, 5) is 4.61. The topological polar surface area (TPSA) is 54.9 Å². The number of ether oxygens (including phenoxy) is 2. The minimum absolute atomic E-state index is 0. The van der Waals surface area contributed by atoms with E-state index in [0.717, 1.165) is 23.8 Å². The van der Waals surface area contributed by atoms with Crippen molar-refractivity contribution in [3.05, 3.63) is 65.7 Å². The molecular weight excluding hydrogens is 441 g/mol. The van der Waals surface area contributed by atoms with Gasteiger partial charge in [-0.3, -0.25) is 0 Å². The van der Waals surface area contributed by atoms with Crippen molar-refractivity contribution >= 4 is 29.9 Å². The lowest BCUT2D eigenvalue weighted by Gasteiger charge is -2.12. The number of nitrogens with one attached hydrogen (secondary N) is 2. The lowest BCUT2D eigenvalue weighted by atomic mass is 10.1. The summed E-state index contributed by atoms with van der Waals surface area (Å²) in [7, 11) is 1.70. The Kier molecular flexibility index (Phi) is 11.5. The molecule has 0 spiro atoms. The molecule has 142 valence electrons. The molecule has 0 unspecified atom stereocenters. The number of nitrogens with zero attached hydrogens (tertiary/aromatic N) is 1. The summed E-state index contributed by atoms with van der Waals surface area (Å²) < 4.78 is 10.8. The molecule has 0 atom stereocenters. The van der Waals surface area contributed by atoms with Crippen LogP contribution in [0.1, 0.15) is 18.1 Å². The van der Waals surface area contributed by atoms with E-state index in [1.54, 1.807) is 7.11 Å². The van der Waals surface area contributed by atoms with Crippen molar-refractivity contribution in [2.45, 2.75) is 20.1 Å². The van der Waals surface area contributed by atoms with Crippen LogP contribution in [0.5, 0.6) is 5.75 Å². The van der Waals surface area contributed by atoms with Crippen molar-refractivity contribution in [3.63, 3.8) is 0 Å². The number of guanidine groups is 1. The molecule has 0 amide bonds. The first-order valence-electron chi connectivity index (χ1n) is 8.58. The van der Waals surface area contributed by atoms with Crippen molar-refractivity contribution in [2.24, 2.45) is 4.99 Å². The summed E-state index contributed by atoms with van der Waals surface area (Å²) >= 11 is 0. The second-order valence-corrected chi connectivity index (χ2v) is 5.53. The molecule has 0 fully saturated rings. The van der Waals surface area contributed by atoms with Crippen LogP contribution < -0.4 is 15.4 Å². The predicted molar refractivity (Wildman–Crippen MR) is 117 cm³/mol. The number of methoxy groups -OCH3 is 1. The second-order valence-electron chi connectivity index (χ2n) is 5.53. The average Bonchev–Trinajstić information content (AvgIpc) is 2.65. The van der Waals surface area contributed by atoms with Crippen molar-refractivity contribution in [2.75, 3.05) is 26.8 Å². The molecule has 2 aromatic rings. The van der Waals surface area contributed by atoms with Gasteiger partial charge in [0, 0.05) is 13.7 Å². The summed E-state index contributed by atoms with van der Waals surface area (Å²) in [5.74, 6) is 1.67. The fourth-order valence-electron chi connectivity index (χ4n) is 2.27. The molecule has 0 radical (unpaired) electrons. The summed E-state index contributed by atoms with van der Waals surface area (Å²) in [6.45, 7) is 5.40. The van der Waals surface area contributed by atoms with Crippen LogP contribution in [0.3, 0.4) is 0 Å². The molecule has 2 N–H and O–H groups in total. The van der Waals surface area contributed by atoms with Gasteiger partial charge < -0.3 is 20.1 Å². The molecule has 0 saturated heterocycles. The molecule has 5 nitrogen and oxygen atoms in total. The predicted octanol–water partition coefficient (Wildman–Crippen LogP) is 3.59. The van der Waals surface area contributed by atoms with Gasteiger partial charge in [0.15, 0.2) is 5.96 Å². The molecule has 2 rings (SSSR count). The van der Waals surface area contributed by atoms with Crippen molar-refractivity contribution in [3.8, 4) is 5.75 Å². The van der Waals surface area contributed by atoms with Gasteiger partial charge in [-0.05, 0) is 30.2 Å². The van der Waals surface area contributed by atoms with Gasteiger partial charge in [0.2, 0.25) is 0 Å².